The minimum absolute atomic E-state index is 0.247. The second kappa shape index (κ2) is 8.28. The summed E-state index contributed by atoms with van der Waals surface area (Å²) in [5, 5.41) is 4.00. The minimum Gasteiger partial charge on any atom is -0.493 e. The molecule has 1 N–H and O–H groups in total. The minimum atomic E-state index is -0.247. The van der Waals surface area contributed by atoms with E-state index >= 15 is 0 Å². The molecule has 0 aliphatic heterocycles. The van der Waals surface area contributed by atoms with Gasteiger partial charge in [0.2, 0.25) is 0 Å². The van der Waals surface area contributed by atoms with Gasteiger partial charge in [0.1, 0.15) is 5.75 Å². The Balaban J connectivity index is 2.09. The molecule has 0 spiro atoms. The topological polar surface area (TPSA) is 50.7 Å². The predicted octanol–water partition coefficient (Wildman–Crippen LogP) is 4.22. The summed E-state index contributed by atoms with van der Waals surface area (Å²) in [6, 6.07) is 12.9. The Bertz CT molecular complexity index is 704. The molecule has 114 valence electrons. The first kappa shape index (κ1) is 17.0. The molecule has 0 saturated heterocycles. The Morgan fingerprint density at radius 1 is 1.36 bits per heavy atom. The molecule has 22 heavy (non-hydrogen) atoms. The van der Waals surface area contributed by atoms with Gasteiger partial charge in [-0.1, -0.05) is 22.0 Å². The van der Waals surface area contributed by atoms with Gasteiger partial charge in [-0.3, -0.25) is 4.79 Å². The molecule has 6 heteroatoms. The van der Waals surface area contributed by atoms with Gasteiger partial charge in [-0.05, 0) is 65.9 Å². The van der Waals surface area contributed by atoms with E-state index in [-0.39, 0.29) is 5.91 Å². The van der Waals surface area contributed by atoms with Crippen molar-refractivity contribution in [1.29, 1.82) is 0 Å². The van der Waals surface area contributed by atoms with Crippen molar-refractivity contribution in [2.24, 2.45) is 5.10 Å². The molecule has 0 saturated carbocycles. The lowest BCUT2D eigenvalue weighted by Gasteiger charge is -2.07. The summed E-state index contributed by atoms with van der Waals surface area (Å²) in [5.41, 5.74) is 3.88. The van der Waals surface area contributed by atoms with E-state index in [2.05, 4.69) is 49.0 Å². The molecule has 0 unspecified atom stereocenters. The van der Waals surface area contributed by atoms with Crippen LogP contribution >= 0.6 is 38.5 Å². The third-order valence-corrected chi connectivity index (χ3v) is 3.89. The number of carbonyl (C=O) groups is 1. The summed E-state index contributed by atoms with van der Waals surface area (Å²) in [6.07, 6.45) is 1.57. The standard InChI is InChI=1S/C16H14BrIN2O2/c1-2-22-15-7-6-13(17)8-12(15)10-19-20-16(21)11-4-3-5-14(18)9-11/h3-10H,2H2,1H3,(H,20,21)/b19-10+. The lowest BCUT2D eigenvalue weighted by Crippen LogP contribution is -2.17. The summed E-state index contributed by atoms with van der Waals surface area (Å²) in [6.45, 7) is 2.49. The largest absolute Gasteiger partial charge is 0.493 e. The highest BCUT2D eigenvalue weighted by Crippen LogP contribution is 2.21. The number of benzene rings is 2. The molecule has 0 aliphatic carbocycles. The molecule has 4 nitrogen and oxygen atoms in total. The van der Waals surface area contributed by atoms with Gasteiger partial charge in [0.25, 0.3) is 5.91 Å². The quantitative estimate of drug-likeness (QED) is 0.402. The number of carbonyl (C=O) groups excluding carboxylic acids is 1. The zero-order valence-electron chi connectivity index (χ0n) is 11.8. The van der Waals surface area contributed by atoms with Gasteiger partial charge in [-0.25, -0.2) is 5.43 Å². The first-order valence-corrected chi connectivity index (χ1v) is 8.48. The molecule has 0 radical (unpaired) electrons. The molecule has 0 bridgehead atoms. The summed E-state index contributed by atoms with van der Waals surface area (Å²) in [5.74, 6) is 0.473. The molecule has 2 rings (SSSR count). The smallest absolute Gasteiger partial charge is 0.271 e. The van der Waals surface area contributed by atoms with Crippen molar-refractivity contribution < 1.29 is 9.53 Å². The predicted molar refractivity (Wildman–Crippen MR) is 99.5 cm³/mol. The second-order valence-corrected chi connectivity index (χ2v) is 6.49. The Hall–Kier alpha value is -1.41. The Labute approximate surface area is 151 Å². The maximum absolute atomic E-state index is 12.0. The summed E-state index contributed by atoms with van der Waals surface area (Å²) < 4.78 is 7.44. The molecule has 2 aromatic rings. The van der Waals surface area contributed by atoms with Crippen LogP contribution in [0.2, 0.25) is 0 Å². The van der Waals surface area contributed by atoms with Crippen LogP contribution in [-0.2, 0) is 0 Å². The molecular weight excluding hydrogens is 459 g/mol. The Morgan fingerprint density at radius 2 is 2.18 bits per heavy atom. The number of nitrogens with zero attached hydrogens (tertiary/aromatic N) is 1. The molecule has 0 atom stereocenters. The Morgan fingerprint density at radius 3 is 2.91 bits per heavy atom. The third-order valence-electron chi connectivity index (χ3n) is 2.73. The molecule has 1 amide bonds. The third kappa shape index (κ3) is 4.81. The normalized spacial score (nSPS) is 10.7. The average Bonchev–Trinajstić information content (AvgIpc) is 2.50. The Kier molecular flexibility index (Phi) is 6.38. The van der Waals surface area contributed by atoms with Crippen LogP contribution in [0.4, 0.5) is 0 Å². The first-order valence-electron chi connectivity index (χ1n) is 6.61. The van der Waals surface area contributed by atoms with Crippen LogP contribution in [0.5, 0.6) is 5.75 Å². The van der Waals surface area contributed by atoms with Crippen molar-refractivity contribution in [3.05, 3.63) is 61.6 Å². The monoisotopic (exact) mass is 472 g/mol. The number of nitrogens with one attached hydrogen (secondary N) is 1. The SMILES string of the molecule is CCOc1ccc(Br)cc1/C=N/NC(=O)c1cccc(I)c1. The lowest BCUT2D eigenvalue weighted by molar-refractivity contribution is 0.0955. The van der Waals surface area contributed by atoms with Gasteiger partial charge < -0.3 is 4.74 Å². The van der Waals surface area contributed by atoms with E-state index in [1.807, 2.05) is 37.3 Å². The van der Waals surface area contributed by atoms with Crippen LogP contribution < -0.4 is 10.2 Å². The van der Waals surface area contributed by atoms with E-state index in [0.29, 0.717) is 12.2 Å². The average molecular weight is 473 g/mol. The molecule has 0 aliphatic rings. The molecule has 0 aromatic heterocycles. The lowest BCUT2D eigenvalue weighted by atomic mass is 10.2. The van der Waals surface area contributed by atoms with Gasteiger partial charge in [0.05, 0.1) is 12.8 Å². The van der Waals surface area contributed by atoms with Crippen molar-refractivity contribution >= 4 is 50.6 Å². The number of halogens is 2. The van der Waals surface area contributed by atoms with Crippen LogP contribution in [0.3, 0.4) is 0 Å². The van der Waals surface area contributed by atoms with Crippen LogP contribution in [-0.4, -0.2) is 18.7 Å². The zero-order chi connectivity index (χ0) is 15.9. The van der Waals surface area contributed by atoms with E-state index < -0.39 is 0 Å². The molecule has 2 aromatic carbocycles. The van der Waals surface area contributed by atoms with E-state index in [1.165, 1.54) is 0 Å². The van der Waals surface area contributed by atoms with Crippen LogP contribution in [0.25, 0.3) is 0 Å². The van der Waals surface area contributed by atoms with E-state index in [0.717, 1.165) is 19.4 Å². The maximum Gasteiger partial charge on any atom is 0.271 e. The number of hydrogen-bond donors (Lipinski definition) is 1. The molecule has 0 heterocycles. The van der Waals surface area contributed by atoms with Crippen molar-refractivity contribution in [1.82, 2.24) is 5.43 Å². The molecular formula is C16H14BrIN2O2. The van der Waals surface area contributed by atoms with Gasteiger partial charge in [0, 0.05) is 19.2 Å². The fourth-order valence-electron chi connectivity index (χ4n) is 1.76. The maximum atomic E-state index is 12.0. The van der Waals surface area contributed by atoms with Crippen molar-refractivity contribution in [2.75, 3.05) is 6.61 Å². The second-order valence-electron chi connectivity index (χ2n) is 4.32. The molecule has 0 fully saturated rings. The fraction of sp³-hybridized carbons (Fsp3) is 0.125. The van der Waals surface area contributed by atoms with Crippen molar-refractivity contribution in [2.45, 2.75) is 6.92 Å². The number of ether oxygens (including phenoxy) is 1. The van der Waals surface area contributed by atoms with Crippen LogP contribution in [0.1, 0.15) is 22.8 Å². The van der Waals surface area contributed by atoms with Crippen LogP contribution in [0, 0.1) is 3.57 Å². The van der Waals surface area contributed by atoms with Gasteiger partial charge in [-0.15, -0.1) is 0 Å². The van der Waals surface area contributed by atoms with Gasteiger partial charge >= 0.3 is 0 Å². The number of hydrogen-bond acceptors (Lipinski definition) is 3. The van der Waals surface area contributed by atoms with Crippen molar-refractivity contribution in [3.63, 3.8) is 0 Å². The zero-order valence-corrected chi connectivity index (χ0v) is 15.6. The highest BCUT2D eigenvalue weighted by Gasteiger charge is 2.05. The number of hydrazone groups is 1. The summed E-state index contributed by atoms with van der Waals surface area (Å²) >= 11 is 5.57. The highest BCUT2D eigenvalue weighted by molar-refractivity contribution is 14.1. The number of amides is 1. The van der Waals surface area contributed by atoms with Gasteiger partial charge in [0.15, 0.2) is 0 Å². The van der Waals surface area contributed by atoms with E-state index in [4.69, 9.17) is 4.74 Å². The van der Waals surface area contributed by atoms with Crippen LogP contribution in [0.15, 0.2) is 52.0 Å². The number of rotatable bonds is 5. The summed E-state index contributed by atoms with van der Waals surface area (Å²) in [7, 11) is 0. The van der Waals surface area contributed by atoms with Crippen molar-refractivity contribution in [3.8, 4) is 5.75 Å². The first-order chi connectivity index (χ1) is 10.6. The van der Waals surface area contributed by atoms with E-state index in [1.54, 1.807) is 18.3 Å². The van der Waals surface area contributed by atoms with Gasteiger partial charge in [-0.2, -0.15) is 5.10 Å². The highest BCUT2D eigenvalue weighted by atomic mass is 127. The van der Waals surface area contributed by atoms with E-state index in [9.17, 15) is 4.79 Å². The summed E-state index contributed by atoms with van der Waals surface area (Å²) in [4.78, 5) is 12.0. The fourth-order valence-corrected chi connectivity index (χ4v) is 2.68.